The van der Waals surface area contributed by atoms with Crippen LogP contribution in [-0.2, 0) is 17.1 Å². The molecule has 0 radical (unpaired) electrons. The van der Waals surface area contributed by atoms with Gasteiger partial charge >= 0.3 is 0 Å². The lowest BCUT2D eigenvalue weighted by Crippen LogP contribution is -2.49. The summed E-state index contributed by atoms with van der Waals surface area (Å²) < 4.78 is 2.04. The lowest BCUT2D eigenvalue weighted by atomic mass is 10.2. The summed E-state index contributed by atoms with van der Waals surface area (Å²) in [4.78, 5) is 26.2. The molecule has 1 aliphatic rings. The van der Waals surface area contributed by atoms with E-state index in [0.29, 0.717) is 19.6 Å². The number of pyridine rings is 2. The van der Waals surface area contributed by atoms with E-state index in [9.17, 15) is 4.79 Å². The minimum atomic E-state index is 0.152. The number of anilines is 1. The second kappa shape index (κ2) is 9.67. The molecule has 1 saturated heterocycles. The number of aryl methyl sites for hydroxylation is 1. The topological polar surface area (TPSA) is 54.3 Å². The molecule has 0 spiro atoms. The van der Waals surface area contributed by atoms with Crippen LogP contribution in [0.15, 0.2) is 78.2 Å². The molecule has 3 aromatic heterocycles. The van der Waals surface area contributed by atoms with Gasteiger partial charge in [0.25, 0.3) is 0 Å². The molecule has 1 amide bonds. The summed E-state index contributed by atoms with van der Waals surface area (Å²) in [5.74, 6) is 2.00. The molecule has 0 aliphatic carbocycles. The van der Waals surface area contributed by atoms with Crippen molar-refractivity contribution in [3.8, 4) is 0 Å². The molecule has 1 aliphatic heterocycles. The van der Waals surface area contributed by atoms with E-state index >= 15 is 0 Å². The van der Waals surface area contributed by atoms with Crippen LogP contribution in [0.2, 0.25) is 0 Å². The summed E-state index contributed by atoms with van der Waals surface area (Å²) in [5.41, 5.74) is 3.60. The maximum absolute atomic E-state index is 13.0. The van der Waals surface area contributed by atoms with Crippen molar-refractivity contribution < 1.29 is 4.79 Å². The highest BCUT2D eigenvalue weighted by Crippen LogP contribution is 2.29. The molecule has 1 fully saturated rings. The standard InChI is InChI=1S/C26H27N5OS/c1-20-5-7-21(8-6-20)19-33-26-22-10-13-31(23(22)9-12-28-26)18-25(32)30-16-14-29(15-17-30)24-4-2-3-11-27-24/h2-13H,14-19H2,1H3. The van der Waals surface area contributed by atoms with Crippen LogP contribution in [0.25, 0.3) is 10.9 Å². The Labute approximate surface area is 198 Å². The van der Waals surface area contributed by atoms with Crippen LogP contribution in [-0.4, -0.2) is 51.5 Å². The average Bonchev–Trinajstić information content (AvgIpc) is 3.27. The number of fused-ring (bicyclic) bond motifs is 1. The van der Waals surface area contributed by atoms with Gasteiger partial charge in [-0.15, -0.1) is 11.8 Å². The van der Waals surface area contributed by atoms with Gasteiger partial charge in [0.1, 0.15) is 17.4 Å². The predicted octanol–water partition coefficient (Wildman–Crippen LogP) is 4.38. The van der Waals surface area contributed by atoms with E-state index < -0.39 is 0 Å². The van der Waals surface area contributed by atoms with Gasteiger partial charge in [-0.05, 0) is 36.8 Å². The molecular weight excluding hydrogens is 430 g/mol. The van der Waals surface area contributed by atoms with Crippen LogP contribution in [0, 0.1) is 6.92 Å². The van der Waals surface area contributed by atoms with Crippen LogP contribution >= 0.6 is 11.8 Å². The van der Waals surface area contributed by atoms with E-state index in [4.69, 9.17) is 0 Å². The Kier molecular flexibility index (Phi) is 6.30. The third-order valence-electron chi connectivity index (χ3n) is 6.07. The van der Waals surface area contributed by atoms with Crippen molar-refractivity contribution in [3.63, 3.8) is 0 Å². The van der Waals surface area contributed by atoms with Crippen molar-refractivity contribution in [1.82, 2.24) is 19.4 Å². The van der Waals surface area contributed by atoms with Crippen molar-refractivity contribution in [2.75, 3.05) is 31.1 Å². The predicted molar refractivity (Wildman–Crippen MR) is 134 cm³/mol. The lowest BCUT2D eigenvalue weighted by molar-refractivity contribution is -0.132. The molecule has 6 nitrogen and oxygen atoms in total. The molecule has 7 heteroatoms. The largest absolute Gasteiger partial charge is 0.353 e. The number of nitrogens with zero attached hydrogens (tertiary/aromatic N) is 5. The molecule has 0 N–H and O–H groups in total. The molecule has 4 aromatic rings. The average molecular weight is 458 g/mol. The zero-order chi connectivity index (χ0) is 22.6. The van der Waals surface area contributed by atoms with Gasteiger partial charge in [-0.1, -0.05) is 35.9 Å². The molecule has 0 bridgehead atoms. The van der Waals surface area contributed by atoms with Crippen molar-refractivity contribution in [1.29, 1.82) is 0 Å². The number of carbonyl (C=O) groups excluding carboxylic acids is 1. The van der Waals surface area contributed by atoms with Crippen LogP contribution in [0.1, 0.15) is 11.1 Å². The first-order valence-corrected chi connectivity index (χ1v) is 12.2. The highest BCUT2D eigenvalue weighted by molar-refractivity contribution is 7.98. The first kappa shape index (κ1) is 21.5. The van der Waals surface area contributed by atoms with Crippen molar-refractivity contribution >= 4 is 34.4 Å². The second-order valence-corrected chi connectivity index (χ2v) is 9.29. The van der Waals surface area contributed by atoms with E-state index in [1.165, 1.54) is 11.1 Å². The first-order chi connectivity index (χ1) is 16.2. The van der Waals surface area contributed by atoms with Crippen molar-refractivity contribution in [2.24, 2.45) is 0 Å². The SMILES string of the molecule is Cc1ccc(CSc2nccc3c2ccn3CC(=O)N2CCN(c3ccccn3)CC2)cc1. The first-order valence-electron chi connectivity index (χ1n) is 11.2. The Morgan fingerprint density at radius 1 is 0.939 bits per heavy atom. The fraction of sp³-hybridized carbons (Fsp3) is 0.269. The van der Waals surface area contributed by atoms with Gasteiger partial charge in [-0.3, -0.25) is 4.79 Å². The number of benzene rings is 1. The zero-order valence-electron chi connectivity index (χ0n) is 18.7. The minimum absolute atomic E-state index is 0.152. The van der Waals surface area contributed by atoms with E-state index in [1.807, 2.05) is 52.3 Å². The quantitative estimate of drug-likeness (QED) is 0.402. The Morgan fingerprint density at radius 2 is 1.76 bits per heavy atom. The maximum atomic E-state index is 13.0. The minimum Gasteiger partial charge on any atom is -0.353 e. The highest BCUT2D eigenvalue weighted by Gasteiger charge is 2.22. The van der Waals surface area contributed by atoms with Gasteiger partial charge in [-0.25, -0.2) is 9.97 Å². The van der Waals surface area contributed by atoms with E-state index in [0.717, 1.165) is 40.6 Å². The molecule has 0 atom stereocenters. The molecule has 168 valence electrons. The number of piperazine rings is 1. The molecule has 4 heterocycles. The molecular formula is C26H27N5OS. The fourth-order valence-electron chi connectivity index (χ4n) is 4.16. The summed E-state index contributed by atoms with van der Waals surface area (Å²) in [6.07, 6.45) is 5.66. The third-order valence-corrected chi connectivity index (χ3v) is 7.14. The second-order valence-electron chi connectivity index (χ2n) is 8.32. The van der Waals surface area contributed by atoms with Crippen LogP contribution in [0.5, 0.6) is 0 Å². The van der Waals surface area contributed by atoms with Gasteiger partial charge < -0.3 is 14.4 Å². The molecule has 33 heavy (non-hydrogen) atoms. The number of hydrogen-bond acceptors (Lipinski definition) is 5. The number of aromatic nitrogens is 3. The molecule has 1 aromatic carbocycles. The number of thioether (sulfide) groups is 1. The summed E-state index contributed by atoms with van der Waals surface area (Å²) in [6, 6.07) is 18.6. The van der Waals surface area contributed by atoms with Gasteiger partial charge in [0, 0.05) is 55.9 Å². The Hall–Kier alpha value is -3.32. The van der Waals surface area contributed by atoms with Crippen LogP contribution < -0.4 is 4.90 Å². The van der Waals surface area contributed by atoms with E-state index in [2.05, 4.69) is 52.1 Å². The summed E-state index contributed by atoms with van der Waals surface area (Å²) >= 11 is 1.74. The number of rotatable bonds is 6. The molecule has 5 rings (SSSR count). The number of carbonyl (C=O) groups is 1. The van der Waals surface area contributed by atoms with Crippen LogP contribution in [0.3, 0.4) is 0 Å². The van der Waals surface area contributed by atoms with E-state index in [1.54, 1.807) is 11.8 Å². The summed E-state index contributed by atoms with van der Waals surface area (Å²) in [6.45, 7) is 5.49. The Balaban J connectivity index is 1.23. The van der Waals surface area contributed by atoms with Crippen molar-refractivity contribution in [2.45, 2.75) is 24.2 Å². The highest BCUT2D eigenvalue weighted by atomic mass is 32.2. The monoisotopic (exact) mass is 457 g/mol. The molecule has 0 unspecified atom stereocenters. The fourth-order valence-corrected chi connectivity index (χ4v) is 5.12. The van der Waals surface area contributed by atoms with Gasteiger partial charge in [0.2, 0.25) is 5.91 Å². The van der Waals surface area contributed by atoms with Gasteiger partial charge in [0.15, 0.2) is 0 Å². The van der Waals surface area contributed by atoms with Crippen LogP contribution in [0.4, 0.5) is 5.82 Å². The van der Waals surface area contributed by atoms with Crippen molar-refractivity contribution in [3.05, 3.63) is 84.3 Å². The zero-order valence-corrected chi connectivity index (χ0v) is 19.5. The van der Waals surface area contributed by atoms with Gasteiger partial charge in [0.05, 0.1) is 5.52 Å². The number of hydrogen-bond donors (Lipinski definition) is 0. The Morgan fingerprint density at radius 3 is 2.52 bits per heavy atom. The van der Waals surface area contributed by atoms with E-state index in [-0.39, 0.29) is 5.91 Å². The Bertz CT molecular complexity index is 1230. The smallest absolute Gasteiger partial charge is 0.242 e. The summed E-state index contributed by atoms with van der Waals surface area (Å²) in [7, 11) is 0. The third kappa shape index (κ3) is 4.88. The van der Waals surface area contributed by atoms with Gasteiger partial charge in [-0.2, -0.15) is 0 Å². The summed E-state index contributed by atoms with van der Waals surface area (Å²) in [5, 5.41) is 2.10. The normalized spacial score (nSPS) is 14.1. The number of amides is 1. The molecule has 0 saturated carbocycles. The maximum Gasteiger partial charge on any atom is 0.242 e. The lowest BCUT2D eigenvalue weighted by Gasteiger charge is -2.35.